The van der Waals surface area contributed by atoms with Gasteiger partial charge in [-0.15, -0.1) is 0 Å². The molecule has 0 fully saturated rings. The standard InChI is InChI=1S/C16H15N3O4/c1-21-12-6-4-11(5-7-12)16-18-15(23-19-16)9-14(20)17-10-13-3-2-8-22-13/h2-8H,9-10H2,1H3,(H,17,20). The van der Waals surface area contributed by atoms with Gasteiger partial charge in [-0.3, -0.25) is 4.79 Å². The predicted molar refractivity (Wildman–Crippen MR) is 80.5 cm³/mol. The largest absolute Gasteiger partial charge is 0.497 e. The zero-order valence-electron chi connectivity index (χ0n) is 12.5. The van der Waals surface area contributed by atoms with Crippen LogP contribution >= 0.6 is 0 Å². The van der Waals surface area contributed by atoms with Crippen LogP contribution in [0.1, 0.15) is 11.7 Å². The van der Waals surface area contributed by atoms with Crippen molar-refractivity contribution < 1.29 is 18.5 Å². The van der Waals surface area contributed by atoms with Gasteiger partial charge in [0.25, 0.3) is 0 Å². The van der Waals surface area contributed by atoms with E-state index in [9.17, 15) is 4.79 Å². The third-order valence-corrected chi connectivity index (χ3v) is 3.17. The molecule has 0 aliphatic carbocycles. The SMILES string of the molecule is COc1ccc(-c2noc(CC(=O)NCc3ccco3)n2)cc1. The Morgan fingerprint density at radius 1 is 1.26 bits per heavy atom. The van der Waals surface area contributed by atoms with E-state index in [2.05, 4.69) is 15.5 Å². The van der Waals surface area contributed by atoms with Gasteiger partial charge in [0.05, 0.1) is 19.9 Å². The number of amides is 1. The number of carbonyl (C=O) groups excluding carboxylic acids is 1. The summed E-state index contributed by atoms with van der Waals surface area (Å²) in [6.07, 6.45) is 1.57. The van der Waals surface area contributed by atoms with E-state index in [0.29, 0.717) is 18.1 Å². The summed E-state index contributed by atoms with van der Waals surface area (Å²) in [6, 6.07) is 10.8. The molecular formula is C16H15N3O4. The summed E-state index contributed by atoms with van der Waals surface area (Å²) in [5.74, 6) is 1.90. The number of nitrogens with zero attached hydrogens (tertiary/aromatic N) is 2. The van der Waals surface area contributed by atoms with Gasteiger partial charge in [0.2, 0.25) is 17.6 Å². The molecule has 3 rings (SSSR count). The minimum absolute atomic E-state index is 0.0177. The van der Waals surface area contributed by atoms with Gasteiger partial charge in [-0.05, 0) is 36.4 Å². The molecule has 0 saturated carbocycles. The molecule has 0 bridgehead atoms. The highest BCUT2D eigenvalue weighted by atomic mass is 16.5. The quantitative estimate of drug-likeness (QED) is 0.750. The van der Waals surface area contributed by atoms with E-state index in [-0.39, 0.29) is 18.2 Å². The van der Waals surface area contributed by atoms with E-state index in [1.807, 2.05) is 12.1 Å². The molecule has 1 N–H and O–H groups in total. The van der Waals surface area contributed by atoms with Gasteiger partial charge in [0.15, 0.2) is 0 Å². The number of carbonyl (C=O) groups is 1. The van der Waals surface area contributed by atoms with Crippen molar-refractivity contribution in [2.24, 2.45) is 0 Å². The minimum Gasteiger partial charge on any atom is -0.497 e. The monoisotopic (exact) mass is 313 g/mol. The van der Waals surface area contributed by atoms with E-state index in [1.54, 1.807) is 37.6 Å². The Kier molecular flexibility index (Phi) is 4.37. The number of ether oxygens (including phenoxy) is 1. The van der Waals surface area contributed by atoms with Gasteiger partial charge in [-0.25, -0.2) is 0 Å². The fraction of sp³-hybridized carbons (Fsp3) is 0.188. The summed E-state index contributed by atoms with van der Waals surface area (Å²) < 4.78 is 15.3. The highest BCUT2D eigenvalue weighted by Crippen LogP contribution is 2.19. The number of methoxy groups -OCH3 is 1. The van der Waals surface area contributed by atoms with E-state index in [1.165, 1.54) is 0 Å². The van der Waals surface area contributed by atoms with Crippen LogP contribution in [0.25, 0.3) is 11.4 Å². The molecule has 0 atom stereocenters. The predicted octanol–water partition coefficient (Wildman–Crippen LogP) is 2.20. The molecule has 1 aromatic carbocycles. The van der Waals surface area contributed by atoms with Gasteiger partial charge >= 0.3 is 0 Å². The van der Waals surface area contributed by atoms with Gasteiger partial charge < -0.3 is 19.0 Å². The summed E-state index contributed by atoms with van der Waals surface area (Å²) in [5, 5.41) is 6.60. The second-order valence-electron chi connectivity index (χ2n) is 4.77. The lowest BCUT2D eigenvalue weighted by Gasteiger charge is -2.00. The molecular weight excluding hydrogens is 298 g/mol. The van der Waals surface area contributed by atoms with Crippen LogP contribution < -0.4 is 10.1 Å². The lowest BCUT2D eigenvalue weighted by atomic mass is 10.2. The molecule has 0 spiro atoms. The number of furan rings is 1. The van der Waals surface area contributed by atoms with Crippen molar-refractivity contribution in [3.8, 4) is 17.1 Å². The Labute approximate surface area is 132 Å². The molecule has 2 aromatic heterocycles. The minimum atomic E-state index is -0.216. The van der Waals surface area contributed by atoms with Crippen LogP contribution in [-0.2, 0) is 17.8 Å². The lowest BCUT2D eigenvalue weighted by molar-refractivity contribution is -0.121. The van der Waals surface area contributed by atoms with Crippen LogP contribution in [0, 0.1) is 0 Å². The summed E-state index contributed by atoms with van der Waals surface area (Å²) in [5.41, 5.74) is 0.789. The average Bonchev–Trinajstić information content (AvgIpc) is 3.25. The highest BCUT2D eigenvalue weighted by Gasteiger charge is 2.13. The molecule has 7 nitrogen and oxygen atoms in total. The first-order valence-corrected chi connectivity index (χ1v) is 7.00. The molecule has 0 radical (unpaired) electrons. The van der Waals surface area contributed by atoms with Crippen molar-refractivity contribution in [2.45, 2.75) is 13.0 Å². The molecule has 0 saturated heterocycles. The summed E-state index contributed by atoms with van der Waals surface area (Å²) >= 11 is 0. The molecule has 1 amide bonds. The number of hydrogen-bond acceptors (Lipinski definition) is 6. The zero-order chi connectivity index (χ0) is 16.1. The third kappa shape index (κ3) is 3.76. The maximum Gasteiger partial charge on any atom is 0.236 e. The van der Waals surface area contributed by atoms with E-state index in [0.717, 1.165) is 11.3 Å². The van der Waals surface area contributed by atoms with Crippen molar-refractivity contribution >= 4 is 5.91 Å². The molecule has 0 aliphatic rings. The Hall–Kier alpha value is -3.09. The first kappa shape index (κ1) is 14.8. The summed E-state index contributed by atoms with van der Waals surface area (Å²) in [7, 11) is 1.60. The second-order valence-corrected chi connectivity index (χ2v) is 4.77. The first-order valence-electron chi connectivity index (χ1n) is 7.00. The summed E-state index contributed by atoms with van der Waals surface area (Å²) in [4.78, 5) is 16.1. The normalized spacial score (nSPS) is 10.5. The van der Waals surface area contributed by atoms with Gasteiger partial charge in [0, 0.05) is 5.56 Å². The Morgan fingerprint density at radius 2 is 2.09 bits per heavy atom. The molecule has 3 aromatic rings. The fourth-order valence-electron chi connectivity index (χ4n) is 1.98. The van der Waals surface area contributed by atoms with Crippen molar-refractivity contribution in [3.63, 3.8) is 0 Å². The average molecular weight is 313 g/mol. The lowest BCUT2D eigenvalue weighted by Crippen LogP contribution is -2.24. The van der Waals surface area contributed by atoms with Crippen LogP contribution in [0.5, 0.6) is 5.75 Å². The fourth-order valence-corrected chi connectivity index (χ4v) is 1.98. The molecule has 7 heteroatoms. The van der Waals surface area contributed by atoms with Gasteiger partial charge in [-0.2, -0.15) is 4.98 Å². The smallest absolute Gasteiger partial charge is 0.236 e. The Balaban J connectivity index is 1.58. The van der Waals surface area contributed by atoms with Crippen molar-refractivity contribution in [2.75, 3.05) is 7.11 Å². The van der Waals surface area contributed by atoms with Crippen LogP contribution in [0.4, 0.5) is 0 Å². The Morgan fingerprint density at radius 3 is 2.78 bits per heavy atom. The van der Waals surface area contributed by atoms with E-state index in [4.69, 9.17) is 13.7 Å². The highest BCUT2D eigenvalue weighted by molar-refractivity contribution is 5.77. The van der Waals surface area contributed by atoms with Crippen LogP contribution in [0.3, 0.4) is 0 Å². The van der Waals surface area contributed by atoms with Crippen molar-refractivity contribution in [1.82, 2.24) is 15.5 Å². The number of rotatable bonds is 6. The van der Waals surface area contributed by atoms with Gasteiger partial charge in [-0.1, -0.05) is 5.16 Å². The van der Waals surface area contributed by atoms with Gasteiger partial charge in [0.1, 0.15) is 17.9 Å². The molecule has 23 heavy (non-hydrogen) atoms. The van der Waals surface area contributed by atoms with E-state index >= 15 is 0 Å². The van der Waals surface area contributed by atoms with Crippen LogP contribution in [0.15, 0.2) is 51.6 Å². The second kappa shape index (κ2) is 6.78. The first-order chi connectivity index (χ1) is 11.2. The number of benzene rings is 1. The van der Waals surface area contributed by atoms with Crippen LogP contribution in [0.2, 0.25) is 0 Å². The molecule has 0 unspecified atom stereocenters. The number of aromatic nitrogens is 2. The molecule has 118 valence electrons. The Bertz CT molecular complexity index is 763. The maximum atomic E-state index is 11.8. The summed E-state index contributed by atoms with van der Waals surface area (Å²) in [6.45, 7) is 0.325. The number of nitrogens with one attached hydrogen (secondary N) is 1. The maximum absolute atomic E-state index is 11.8. The van der Waals surface area contributed by atoms with Crippen molar-refractivity contribution in [1.29, 1.82) is 0 Å². The molecule has 2 heterocycles. The number of hydrogen-bond donors (Lipinski definition) is 1. The van der Waals surface area contributed by atoms with E-state index < -0.39 is 0 Å². The zero-order valence-corrected chi connectivity index (χ0v) is 12.5. The topological polar surface area (TPSA) is 90.4 Å². The third-order valence-electron chi connectivity index (χ3n) is 3.17. The van der Waals surface area contributed by atoms with Crippen LogP contribution in [-0.4, -0.2) is 23.2 Å². The molecule has 0 aliphatic heterocycles. The van der Waals surface area contributed by atoms with Crippen molar-refractivity contribution in [3.05, 3.63) is 54.3 Å².